The second-order valence-corrected chi connectivity index (χ2v) is 2.93. The smallest absolute Gasteiger partial charge is 0.433 e. The second-order valence-electron chi connectivity index (χ2n) is 2.93. The molecule has 1 rings (SSSR count). The van der Waals surface area contributed by atoms with E-state index in [-0.39, 0.29) is 17.9 Å². The van der Waals surface area contributed by atoms with Crippen LogP contribution in [0, 0.1) is 0 Å². The number of aromatic nitrogens is 1. The maximum Gasteiger partial charge on any atom is 0.433 e. The summed E-state index contributed by atoms with van der Waals surface area (Å²) in [4.78, 5) is 13.9. The molecule has 88 valence electrons. The Bertz CT molecular complexity index is 404. The molecule has 0 aliphatic heterocycles. The Morgan fingerprint density at radius 3 is 2.56 bits per heavy atom. The molecule has 0 radical (unpaired) electrons. The van der Waals surface area contributed by atoms with Crippen molar-refractivity contribution in [3.63, 3.8) is 0 Å². The lowest BCUT2D eigenvalue weighted by atomic mass is 10.2. The van der Waals surface area contributed by atoms with Crippen LogP contribution in [-0.2, 0) is 6.18 Å². The highest BCUT2D eigenvalue weighted by atomic mass is 19.4. The summed E-state index contributed by atoms with van der Waals surface area (Å²) >= 11 is 0. The van der Waals surface area contributed by atoms with E-state index in [1.807, 2.05) is 0 Å². The van der Waals surface area contributed by atoms with E-state index in [0.29, 0.717) is 6.07 Å². The van der Waals surface area contributed by atoms with E-state index >= 15 is 0 Å². The summed E-state index contributed by atoms with van der Waals surface area (Å²) in [7, 11) is 0. The van der Waals surface area contributed by atoms with E-state index in [1.165, 1.54) is 0 Å². The summed E-state index contributed by atoms with van der Waals surface area (Å²) in [6.07, 6.45) is -4.58. The van der Waals surface area contributed by atoms with Crippen LogP contribution in [0.4, 0.5) is 19.0 Å². The standard InChI is InChI=1S/C9H9F3N2O2/c1-2-13-7-5(8(15)16)3-4-6(14-7)9(10,11)12/h3-4H,2H2,1H3,(H,13,14)(H,15,16). The second kappa shape index (κ2) is 4.38. The highest BCUT2D eigenvalue weighted by molar-refractivity contribution is 5.93. The number of carboxylic acid groups (broad SMARTS) is 1. The van der Waals surface area contributed by atoms with E-state index in [0.717, 1.165) is 6.07 Å². The third-order valence-electron chi connectivity index (χ3n) is 1.76. The van der Waals surface area contributed by atoms with Crippen molar-refractivity contribution in [2.45, 2.75) is 13.1 Å². The van der Waals surface area contributed by atoms with Crippen molar-refractivity contribution in [3.8, 4) is 0 Å². The number of carboxylic acids is 1. The number of halogens is 3. The van der Waals surface area contributed by atoms with Crippen LogP contribution in [0.1, 0.15) is 23.0 Å². The van der Waals surface area contributed by atoms with Crippen molar-refractivity contribution in [1.82, 2.24) is 4.98 Å². The number of carbonyl (C=O) groups is 1. The average Bonchev–Trinajstić information content (AvgIpc) is 2.16. The molecular formula is C9H9F3N2O2. The number of hydrogen-bond acceptors (Lipinski definition) is 3. The highest BCUT2D eigenvalue weighted by Crippen LogP contribution is 2.29. The van der Waals surface area contributed by atoms with Crippen LogP contribution in [0.5, 0.6) is 0 Å². The monoisotopic (exact) mass is 234 g/mol. The zero-order chi connectivity index (χ0) is 12.3. The molecule has 0 saturated heterocycles. The minimum atomic E-state index is -4.58. The third-order valence-corrected chi connectivity index (χ3v) is 1.76. The average molecular weight is 234 g/mol. The number of nitrogens with zero attached hydrogens (tertiary/aromatic N) is 1. The van der Waals surface area contributed by atoms with Crippen molar-refractivity contribution >= 4 is 11.8 Å². The number of anilines is 1. The van der Waals surface area contributed by atoms with Crippen LogP contribution in [-0.4, -0.2) is 22.6 Å². The van der Waals surface area contributed by atoms with Gasteiger partial charge in [0.1, 0.15) is 17.1 Å². The van der Waals surface area contributed by atoms with Gasteiger partial charge in [-0.25, -0.2) is 9.78 Å². The van der Waals surface area contributed by atoms with Gasteiger partial charge in [0, 0.05) is 6.54 Å². The van der Waals surface area contributed by atoms with Crippen LogP contribution < -0.4 is 5.32 Å². The summed E-state index contributed by atoms with van der Waals surface area (Å²) in [5.74, 6) is -1.60. The van der Waals surface area contributed by atoms with E-state index in [1.54, 1.807) is 6.92 Å². The Kier molecular flexibility index (Phi) is 3.36. The van der Waals surface area contributed by atoms with Gasteiger partial charge in [0.05, 0.1) is 0 Å². The molecule has 1 aromatic heterocycles. The van der Waals surface area contributed by atoms with Crippen molar-refractivity contribution < 1.29 is 23.1 Å². The van der Waals surface area contributed by atoms with Gasteiger partial charge in [0.25, 0.3) is 0 Å². The molecule has 1 heterocycles. The van der Waals surface area contributed by atoms with Gasteiger partial charge in [0.15, 0.2) is 0 Å². The topological polar surface area (TPSA) is 62.2 Å². The molecule has 0 aliphatic carbocycles. The van der Waals surface area contributed by atoms with Crippen LogP contribution >= 0.6 is 0 Å². The van der Waals surface area contributed by atoms with Crippen LogP contribution in [0.25, 0.3) is 0 Å². The summed E-state index contributed by atoms with van der Waals surface area (Å²) in [6, 6.07) is 1.53. The number of alkyl halides is 3. The summed E-state index contributed by atoms with van der Waals surface area (Å²) in [5.41, 5.74) is -1.40. The normalized spacial score (nSPS) is 11.2. The number of nitrogens with one attached hydrogen (secondary N) is 1. The van der Waals surface area contributed by atoms with E-state index in [2.05, 4.69) is 10.3 Å². The molecule has 7 heteroatoms. The lowest BCUT2D eigenvalue weighted by Gasteiger charge is -2.10. The molecule has 2 N–H and O–H groups in total. The fourth-order valence-electron chi connectivity index (χ4n) is 1.09. The molecule has 0 spiro atoms. The fraction of sp³-hybridized carbons (Fsp3) is 0.333. The van der Waals surface area contributed by atoms with Crippen molar-refractivity contribution in [2.24, 2.45) is 0 Å². The molecule has 0 atom stereocenters. The van der Waals surface area contributed by atoms with Gasteiger partial charge < -0.3 is 10.4 Å². The van der Waals surface area contributed by atoms with E-state index < -0.39 is 17.8 Å². The summed E-state index contributed by atoms with van der Waals surface area (Å²) in [6.45, 7) is 1.92. The quantitative estimate of drug-likeness (QED) is 0.841. The summed E-state index contributed by atoms with van der Waals surface area (Å²) in [5, 5.41) is 11.2. The molecule has 1 aromatic rings. The van der Waals surface area contributed by atoms with Crippen molar-refractivity contribution in [2.75, 3.05) is 11.9 Å². The predicted molar refractivity (Wildman–Crippen MR) is 50.4 cm³/mol. The molecule has 0 unspecified atom stereocenters. The Labute approximate surface area is 89.1 Å². The van der Waals surface area contributed by atoms with Crippen molar-refractivity contribution in [1.29, 1.82) is 0 Å². The first-order valence-corrected chi connectivity index (χ1v) is 4.41. The van der Waals surface area contributed by atoms with Gasteiger partial charge >= 0.3 is 12.1 Å². The summed E-state index contributed by atoms with van der Waals surface area (Å²) < 4.78 is 36.9. The maximum atomic E-state index is 12.3. The van der Waals surface area contributed by atoms with Crippen LogP contribution in [0.15, 0.2) is 12.1 Å². The van der Waals surface area contributed by atoms with Crippen molar-refractivity contribution in [3.05, 3.63) is 23.4 Å². The fourth-order valence-corrected chi connectivity index (χ4v) is 1.09. The minimum Gasteiger partial charge on any atom is -0.478 e. The largest absolute Gasteiger partial charge is 0.478 e. The molecule has 0 aromatic carbocycles. The SMILES string of the molecule is CCNc1nc(C(F)(F)F)ccc1C(=O)O. The first-order valence-electron chi connectivity index (χ1n) is 4.41. The lowest BCUT2D eigenvalue weighted by Crippen LogP contribution is -2.14. The first-order chi connectivity index (χ1) is 7.36. The van der Waals surface area contributed by atoms with Gasteiger partial charge in [0.2, 0.25) is 0 Å². The molecular weight excluding hydrogens is 225 g/mol. The van der Waals surface area contributed by atoms with Crippen LogP contribution in [0.3, 0.4) is 0 Å². The predicted octanol–water partition coefficient (Wildman–Crippen LogP) is 2.23. The zero-order valence-corrected chi connectivity index (χ0v) is 8.30. The first kappa shape index (κ1) is 12.3. The Hall–Kier alpha value is -1.79. The van der Waals surface area contributed by atoms with Gasteiger partial charge in [-0.3, -0.25) is 0 Å². The molecule has 0 bridgehead atoms. The highest BCUT2D eigenvalue weighted by Gasteiger charge is 2.33. The van der Waals surface area contributed by atoms with Crippen LogP contribution in [0.2, 0.25) is 0 Å². The van der Waals surface area contributed by atoms with E-state index in [9.17, 15) is 18.0 Å². The Morgan fingerprint density at radius 1 is 1.50 bits per heavy atom. The zero-order valence-electron chi connectivity index (χ0n) is 8.30. The Balaban J connectivity index is 3.22. The number of aromatic carboxylic acids is 1. The van der Waals surface area contributed by atoms with E-state index in [4.69, 9.17) is 5.11 Å². The molecule has 0 saturated carbocycles. The molecule has 0 fully saturated rings. The van der Waals surface area contributed by atoms with Gasteiger partial charge in [-0.15, -0.1) is 0 Å². The molecule has 16 heavy (non-hydrogen) atoms. The number of pyridine rings is 1. The minimum absolute atomic E-state index is 0.273. The van der Waals surface area contributed by atoms with Gasteiger partial charge in [-0.05, 0) is 19.1 Å². The third kappa shape index (κ3) is 2.62. The van der Waals surface area contributed by atoms with Gasteiger partial charge in [-0.2, -0.15) is 13.2 Å². The number of rotatable bonds is 3. The van der Waals surface area contributed by atoms with Gasteiger partial charge in [-0.1, -0.05) is 0 Å². The molecule has 0 aliphatic rings. The maximum absolute atomic E-state index is 12.3. The lowest BCUT2D eigenvalue weighted by molar-refractivity contribution is -0.141. The number of hydrogen-bond donors (Lipinski definition) is 2. The Morgan fingerprint density at radius 2 is 2.12 bits per heavy atom. The molecule has 4 nitrogen and oxygen atoms in total. The molecule has 0 amide bonds.